The first-order valence-electron chi connectivity index (χ1n) is 13.3. The number of hydrogen-bond acceptors (Lipinski definition) is 9. The summed E-state index contributed by atoms with van der Waals surface area (Å²) < 4.78 is 12.9. The molecule has 1 fully saturated rings. The minimum Gasteiger partial charge on any atom is -0.469 e. The minimum absolute atomic E-state index is 0.148. The number of rotatable bonds is 10. The maximum Gasteiger partial charge on any atom is 0.305 e. The maximum absolute atomic E-state index is 11.7. The van der Waals surface area contributed by atoms with Gasteiger partial charge in [-0.25, -0.2) is 19.9 Å². The van der Waals surface area contributed by atoms with Crippen molar-refractivity contribution in [2.45, 2.75) is 32.4 Å². The summed E-state index contributed by atoms with van der Waals surface area (Å²) in [5, 5.41) is 4.21. The SMILES string of the molecule is COC(=O)CC1CCN(Cc2cc(Oc3cnc(NCc4nccn4C)nc3)nc(-c3cc(Cl)cc(Cl)c3)c2)CC1. The molecule has 0 radical (unpaired) electrons. The summed E-state index contributed by atoms with van der Waals surface area (Å²) in [4.78, 5) is 31.8. The van der Waals surface area contributed by atoms with E-state index in [0.717, 1.165) is 42.9 Å². The normalized spacial score (nSPS) is 14.1. The van der Waals surface area contributed by atoms with Gasteiger partial charge >= 0.3 is 5.97 Å². The van der Waals surface area contributed by atoms with E-state index in [4.69, 9.17) is 37.7 Å². The Morgan fingerprint density at radius 3 is 2.44 bits per heavy atom. The molecule has 1 saturated heterocycles. The van der Waals surface area contributed by atoms with Gasteiger partial charge in [0.2, 0.25) is 11.8 Å². The molecule has 0 unspecified atom stereocenters. The van der Waals surface area contributed by atoms with Crippen molar-refractivity contribution in [3.05, 3.63) is 76.6 Å². The Kier molecular flexibility index (Phi) is 9.33. The molecular formula is C29H31Cl2N7O3. The van der Waals surface area contributed by atoms with E-state index in [2.05, 4.69) is 25.2 Å². The zero-order valence-electron chi connectivity index (χ0n) is 22.9. The van der Waals surface area contributed by atoms with E-state index in [1.807, 2.05) is 42.1 Å². The standard InChI is InChI=1S/C29H31Cl2N7O3/c1-37-8-5-32-26(37)17-35-29-33-15-24(16-34-29)41-27-10-20(9-25(36-27)21-12-22(30)14-23(31)13-21)18-38-6-3-19(4-7-38)11-28(39)40-2/h5,8-10,12-16,19H,3-4,6-7,11,17-18H2,1-2H3,(H,33,34,35). The van der Waals surface area contributed by atoms with Crippen LogP contribution in [0.1, 0.15) is 30.7 Å². The number of anilines is 1. The molecule has 0 atom stereocenters. The molecule has 5 rings (SSSR count). The average Bonchev–Trinajstić information content (AvgIpc) is 3.37. The second-order valence-corrected chi connectivity index (χ2v) is 10.9. The van der Waals surface area contributed by atoms with Crippen LogP contribution in [-0.2, 0) is 29.7 Å². The van der Waals surface area contributed by atoms with E-state index >= 15 is 0 Å². The molecule has 4 heterocycles. The second kappa shape index (κ2) is 13.3. The van der Waals surface area contributed by atoms with E-state index in [-0.39, 0.29) is 5.97 Å². The lowest BCUT2D eigenvalue weighted by Gasteiger charge is -2.31. The monoisotopic (exact) mass is 595 g/mol. The van der Waals surface area contributed by atoms with Gasteiger partial charge in [0.15, 0.2) is 5.75 Å². The molecule has 0 saturated carbocycles. The van der Waals surface area contributed by atoms with Crippen molar-refractivity contribution in [1.29, 1.82) is 0 Å². The quantitative estimate of drug-likeness (QED) is 0.229. The van der Waals surface area contributed by atoms with Gasteiger partial charge in [0.25, 0.3) is 0 Å². The Bertz CT molecular complexity index is 1470. The van der Waals surface area contributed by atoms with Gasteiger partial charge in [-0.15, -0.1) is 0 Å². The van der Waals surface area contributed by atoms with Crippen LogP contribution >= 0.6 is 23.2 Å². The number of nitrogens with zero attached hydrogens (tertiary/aromatic N) is 6. The van der Waals surface area contributed by atoms with Gasteiger partial charge in [-0.05, 0) is 61.7 Å². The van der Waals surface area contributed by atoms with Gasteiger partial charge in [-0.1, -0.05) is 23.2 Å². The number of methoxy groups -OCH3 is 1. The number of nitrogens with one attached hydrogen (secondary N) is 1. The van der Waals surface area contributed by atoms with Gasteiger partial charge < -0.3 is 19.4 Å². The second-order valence-electron chi connectivity index (χ2n) is 10.0. The van der Waals surface area contributed by atoms with Gasteiger partial charge in [-0.3, -0.25) is 9.69 Å². The Morgan fingerprint density at radius 1 is 1.05 bits per heavy atom. The number of halogens is 2. The van der Waals surface area contributed by atoms with Crippen LogP contribution < -0.4 is 10.1 Å². The highest BCUT2D eigenvalue weighted by atomic mass is 35.5. The molecule has 0 bridgehead atoms. The third-order valence-electron chi connectivity index (χ3n) is 6.99. The molecule has 1 aromatic carbocycles. The van der Waals surface area contributed by atoms with Gasteiger partial charge in [0.1, 0.15) is 5.82 Å². The lowest BCUT2D eigenvalue weighted by Crippen LogP contribution is -2.34. The molecule has 12 heteroatoms. The number of ether oxygens (including phenoxy) is 2. The van der Waals surface area contributed by atoms with Crippen LogP contribution in [-0.4, -0.2) is 55.6 Å². The summed E-state index contributed by atoms with van der Waals surface area (Å²) in [6.45, 7) is 2.98. The van der Waals surface area contributed by atoms with Crippen molar-refractivity contribution in [1.82, 2.24) is 29.4 Å². The Labute approximate surface area is 248 Å². The number of imidazole rings is 1. The molecule has 1 N–H and O–H groups in total. The number of esters is 1. The number of aryl methyl sites for hydroxylation is 1. The molecule has 0 amide bonds. The fourth-order valence-electron chi connectivity index (χ4n) is 4.78. The molecule has 41 heavy (non-hydrogen) atoms. The molecule has 3 aromatic heterocycles. The molecule has 0 aliphatic carbocycles. The predicted molar refractivity (Wildman–Crippen MR) is 157 cm³/mol. The summed E-state index contributed by atoms with van der Waals surface area (Å²) in [5.41, 5.74) is 2.51. The summed E-state index contributed by atoms with van der Waals surface area (Å²) in [7, 11) is 3.37. The highest BCUT2D eigenvalue weighted by molar-refractivity contribution is 6.35. The van der Waals surface area contributed by atoms with Crippen LogP contribution in [0.25, 0.3) is 11.3 Å². The van der Waals surface area contributed by atoms with E-state index in [0.29, 0.717) is 58.7 Å². The third-order valence-corrected chi connectivity index (χ3v) is 7.43. The van der Waals surface area contributed by atoms with Crippen molar-refractivity contribution >= 4 is 35.1 Å². The zero-order valence-corrected chi connectivity index (χ0v) is 24.4. The van der Waals surface area contributed by atoms with Crippen LogP contribution in [0.4, 0.5) is 5.95 Å². The number of hydrogen-bond donors (Lipinski definition) is 1. The lowest BCUT2D eigenvalue weighted by molar-refractivity contribution is -0.142. The zero-order chi connectivity index (χ0) is 28.8. The maximum atomic E-state index is 11.7. The lowest BCUT2D eigenvalue weighted by atomic mass is 9.93. The van der Waals surface area contributed by atoms with Crippen LogP contribution in [0.5, 0.6) is 11.6 Å². The summed E-state index contributed by atoms with van der Waals surface area (Å²) >= 11 is 12.6. The van der Waals surface area contributed by atoms with Crippen molar-refractivity contribution in [3.63, 3.8) is 0 Å². The molecular weight excluding hydrogens is 565 g/mol. The van der Waals surface area contributed by atoms with Crippen LogP contribution in [0.15, 0.2) is 55.1 Å². The first kappa shape index (κ1) is 28.8. The molecule has 1 aliphatic rings. The number of piperidine rings is 1. The number of likely N-dealkylation sites (tertiary alicyclic amines) is 1. The number of aromatic nitrogens is 5. The number of carbonyl (C=O) groups is 1. The molecule has 10 nitrogen and oxygen atoms in total. The molecule has 1 aliphatic heterocycles. The predicted octanol–water partition coefficient (Wildman–Crippen LogP) is 5.76. The number of pyridine rings is 1. The van der Waals surface area contributed by atoms with Crippen molar-refractivity contribution in [3.8, 4) is 22.9 Å². The largest absolute Gasteiger partial charge is 0.469 e. The molecule has 0 spiro atoms. The topological polar surface area (TPSA) is 107 Å². The van der Waals surface area contributed by atoms with Gasteiger partial charge in [0.05, 0.1) is 31.7 Å². The minimum atomic E-state index is -0.148. The van der Waals surface area contributed by atoms with E-state index in [9.17, 15) is 4.79 Å². The number of benzene rings is 1. The highest BCUT2D eigenvalue weighted by Crippen LogP contribution is 2.31. The fraction of sp³-hybridized carbons (Fsp3) is 0.345. The van der Waals surface area contributed by atoms with Gasteiger partial charge in [0, 0.05) is 54.1 Å². The Balaban J connectivity index is 1.31. The first-order chi connectivity index (χ1) is 19.8. The first-order valence-corrected chi connectivity index (χ1v) is 14.1. The van der Waals surface area contributed by atoms with E-state index in [1.54, 1.807) is 24.7 Å². The van der Waals surface area contributed by atoms with Crippen LogP contribution in [0.2, 0.25) is 10.0 Å². The van der Waals surface area contributed by atoms with Crippen molar-refractivity contribution < 1.29 is 14.3 Å². The van der Waals surface area contributed by atoms with Crippen LogP contribution in [0, 0.1) is 5.92 Å². The van der Waals surface area contributed by atoms with E-state index in [1.165, 1.54) is 7.11 Å². The fourth-order valence-corrected chi connectivity index (χ4v) is 5.31. The molecule has 4 aromatic rings. The summed E-state index contributed by atoms with van der Waals surface area (Å²) in [6.07, 6.45) is 9.19. The van der Waals surface area contributed by atoms with Crippen molar-refractivity contribution in [2.75, 3.05) is 25.5 Å². The number of carbonyl (C=O) groups excluding carboxylic acids is 1. The Hall–Kier alpha value is -3.73. The Morgan fingerprint density at radius 2 is 1.78 bits per heavy atom. The highest BCUT2D eigenvalue weighted by Gasteiger charge is 2.22. The average molecular weight is 597 g/mol. The molecule has 214 valence electrons. The van der Waals surface area contributed by atoms with E-state index < -0.39 is 0 Å². The van der Waals surface area contributed by atoms with Crippen LogP contribution in [0.3, 0.4) is 0 Å². The summed E-state index contributed by atoms with van der Waals surface area (Å²) in [5.74, 6) is 2.40. The van der Waals surface area contributed by atoms with Gasteiger partial charge in [-0.2, -0.15) is 0 Å². The summed E-state index contributed by atoms with van der Waals surface area (Å²) in [6, 6.07) is 9.28. The van der Waals surface area contributed by atoms with Crippen molar-refractivity contribution in [2.24, 2.45) is 13.0 Å². The third kappa shape index (κ3) is 7.93. The smallest absolute Gasteiger partial charge is 0.305 e.